The highest BCUT2D eigenvalue weighted by Gasteiger charge is 2.18. The quantitative estimate of drug-likeness (QED) is 0.344. The van der Waals surface area contributed by atoms with E-state index in [1.54, 1.807) is 31.4 Å². The lowest BCUT2D eigenvalue weighted by molar-refractivity contribution is 0.208. The van der Waals surface area contributed by atoms with Crippen LogP contribution in [0.4, 0.5) is 4.39 Å². The van der Waals surface area contributed by atoms with Crippen molar-refractivity contribution in [3.8, 4) is 23.1 Å². The Morgan fingerprint density at radius 1 is 1.00 bits per heavy atom. The Morgan fingerprint density at radius 2 is 1.77 bits per heavy atom. The van der Waals surface area contributed by atoms with E-state index in [2.05, 4.69) is 34.1 Å². The molecule has 0 amide bonds. The van der Waals surface area contributed by atoms with Gasteiger partial charge in [-0.15, -0.1) is 0 Å². The number of fused-ring (bicyclic) bond motifs is 2. The molecule has 5 rings (SSSR count). The Balaban J connectivity index is 0.000000917. The lowest BCUT2D eigenvalue weighted by atomic mass is 9.99. The van der Waals surface area contributed by atoms with Crippen molar-refractivity contribution < 1.29 is 18.6 Å². The molecule has 1 aliphatic rings. The molecule has 2 aromatic heterocycles. The van der Waals surface area contributed by atoms with Gasteiger partial charge in [-0.05, 0) is 63.0 Å². The molecule has 2 N–H and O–H groups in total. The third-order valence-electron chi connectivity index (χ3n) is 5.86. The van der Waals surface area contributed by atoms with E-state index >= 15 is 4.39 Å². The van der Waals surface area contributed by atoms with E-state index in [0.717, 1.165) is 37.1 Å². The molecule has 186 valence electrons. The van der Waals surface area contributed by atoms with Crippen molar-refractivity contribution in [2.24, 2.45) is 5.92 Å². The SMILES string of the molecule is CCC.COc1cc2c(Oc3ccc4[nH]c(C)cc4c3F)ncnc2cc1OCC1CCNCC1. The van der Waals surface area contributed by atoms with Crippen LogP contribution in [0.3, 0.4) is 0 Å². The molecule has 2 aromatic carbocycles. The molecule has 8 heteroatoms. The Bertz CT molecular complexity index is 1280. The first-order valence-electron chi connectivity index (χ1n) is 12.2. The van der Waals surface area contributed by atoms with Gasteiger partial charge in [0.05, 0.1) is 24.6 Å². The summed E-state index contributed by atoms with van der Waals surface area (Å²) in [7, 11) is 1.59. The summed E-state index contributed by atoms with van der Waals surface area (Å²) in [5, 5.41) is 4.45. The molecule has 0 aliphatic carbocycles. The first-order valence-corrected chi connectivity index (χ1v) is 12.2. The molecular weight excluding hydrogens is 447 g/mol. The van der Waals surface area contributed by atoms with E-state index in [4.69, 9.17) is 14.2 Å². The summed E-state index contributed by atoms with van der Waals surface area (Å²) in [6.07, 6.45) is 4.83. The molecule has 1 aliphatic heterocycles. The van der Waals surface area contributed by atoms with Crippen molar-refractivity contribution in [2.75, 3.05) is 26.8 Å². The maximum Gasteiger partial charge on any atom is 0.230 e. The molecule has 0 spiro atoms. The van der Waals surface area contributed by atoms with Crippen molar-refractivity contribution in [3.63, 3.8) is 0 Å². The van der Waals surface area contributed by atoms with Crippen LogP contribution in [0.2, 0.25) is 0 Å². The van der Waals surface area contributed by atoms with Gasteiger partial charge >= 0.3 is 0 Å². The van der Waals surface area contributed by atoms with Crippen LogP contribution in [0.15, 0.2) is 36.7 Å². The predicted octanol–water partition coefficient (Wildman–Crippen LogP) is 6.15. The standard InChI is InChI=1S/C24H25FN4O3.C3H8/c1-14-9-16-18(29-14)3-4-20(23(16)25)32-24-17-10-21(30-2)22(11-19(17)27-13-28-24)31-12-15-5-7-26-8-6-15;1-3-2/h3-4,9-11,13,15,26,29H,5-8,12H2,1-2H3;3H2,1-2H3. The molecular formula is C27H33FN4O3. The number of methoxy groups -OCH3 is 1. The Labute approximate surface area is 205 Å². The minimum Gasteiger partial charge on any atom is -0.493 e. The van der Waals surface area contributed by atoms with Crippen LogP contribution in [0.1, 0.15) is 38.8 Å². The van der Waals surface area contributed by atoms with Crippen molar-refractivity contribution >= 4 is 21.8 Å². The first kappa shape index (κ1) is 24.7. The van der Waals surface area contributed by atoms with Crippen LogP contribution in [0.5, 0.6) is 23.1 Å². The Hall–Kier alpha value is -3.39. The molecule has 1 fully saturated rings. The minimum absolute atomic E-state index is 0.0988. The molecule has 0 saturated carbocycles. The van der Waals surface area contributed by atoms with Crippen LogP contribution in [0.25, 0.3) is 21.8 Å². The van der Waals surface area contributed by atoms with Gasteiger partial charge in [0.2, 0.25) is 5.88 Å². The van der Waals surface area contributed by atoms with Crippen LogP contribution in [0, 0.1) is 18.7 Å². The summed E-state index contributed by atoms with van der Waals surface area (Å²) >= 11 is 0. The van der Waals surface area contributed by atoms with E-state index in [1.807, 2.05) is 13.0 Å². The zero-order valence-electron chi connectivity index (χ0n) is 20.8. The maximum atomic E-state index is 15.0. The van der Waals surface area contributed by atoms with E-state index < -0.39 is 5.82 Å². The lowest BCUT2D eigenvalue weighted by Crippen LogP contribution is -2.30. The normalized spacial score (nSPS) is 14.0. The molecule has 0 radical (unpaired) electrons. The van der Waals surface area contributed by atoms with Crippen LogP contribution in [-0.4, -0.2) is 41.8 Å². The van der Waals surface area contributed by atoms with E-state index in [-0.39, 0.29) is 11.6 Å². The number of nitrogens with zero attached hydrogens (tertiary/aromatic N) is 2. The van der Waals surface area contributed by atoms with Gasteiger partial charge in [0.15, 0.2) is 23.1 Å². The number of aromatic nitrogens is 3. The van der Waals surface area contributed by atoms with E-state index in [1.165, 1.54) is 12.7 Å². The zero-order chi connectivity index (χ0) is 24.8. The number of nitrogens with one attached hydrogen (secondary N) is 2. The second-order valence-corrected chi connectivity index (χ2v) is 8.80. The van der Waals surface area contributed by atoms with Gasteiger partial charge in [-0.3, -0.25) is 0 Å². The number of rotatable bonds is 6. The summed E-state index contributed by atoms with van der Waals surface area (Å²) < 4.78 is 32.6. The fraction of sp³-hybridized carbons (Fsp3) is 0.407. The molecule has 1 saturated heterocycles. The zero-order valence-corrected chi connectivity index (χ0v) is 20.8. The first-order chi connectivity index (χ1) is 17.0. The smallest absolute Gasteiger partial charge is 0.230 e. The molecule has 3 heterocycles. The fourth-order valence-electron chi connectivity index (χ4n) is 4.12. The highest BCUT2D eigenvalue weighted by molar-refractivity contribution is 5.87. The number of ether oxygens (including phenoxy) is 3. The molecule has 35 heavy (non-hydrogen) atoms. The van der Waals surface area contributed by atoms with Gasteiger partial charge in [-0.2, -0.15) is 0 Å². The highest BCUT2D eigenvalue weighted by atomic mass is 19.1. The maximum absolute atomic E-state index is 15.0. The number of hydrogen-bond donors (Lipinski definition) is 2. The summed E-state index contributed by atoms with van der Waals surface area (Å²) in [5.41, 5.74) is 2.23. The lowest BCUT2D eigenvalue weighted by Gasteiger charge is -2.23. The topological polar surface area (TPSA) is 81.3 Å². The number of piperidine rings is 1. The molecule has 0 unspecified atom stereocenters. The predicted molar refractivity (Wildman–Crippen MR) is 136 cm³/mol. The van der Waals surface area contributed by atoms with Crippen LogP contribution < -0.4 is 19.5 Å². The summed E-state index contributed by atoms with van der Waals surface area (Å²) in [6, 6.07) is 8.73. The van der Waals surface area contributed by atoms with Crippen LogP contribution in [-0.2, 0) is 0 Å². The van der Waals surface area contributed by atoms with Gasteiger partial charge in [0, 0.05) is 22.7 Å². The van der Waals surface area contributed by atoms with Crippen molar-refractivity contribution in [2.45, 2.75) is 40.0 Å². The Kier molecular flexibility index (Phi) is 8.02. The monoisotopic (exact) mass is 480 g/mol. The van der Waals surface area contributed by atoms with E-state index in [9.17, 15) is 0 Å². The fourth-order valence-corrected chi connectivity index (χ4v) is 4.12. The van der Waals surface area contributed by atoms with Gasteiger partial charge in [0.1, 0.15) is 6.33 Å². The third-order valence-corrected chi connectivity index (χ3v) is 5.86. The van der Waals surface area contributed by atoms with E-state index in [0.29, 0.717) is 40.3 Å². The molecule has 4 aromatic rings. The number of benzene rings is 2. The molecule has 7 nitrogen and oxygen atoms in total. The Morgan fingerprint density at radius 3 is 2.51 bits per heavy atom. The summed E-state index contributed by atoms with van der Waals surface area (Å²) in [5.74, 6) is 1.61. The summed E-state index contributed by atoms with van der Waals surface area (Å²) in [6.45, 7) is 8.79. The largest absolute Gasteiger partial charge is 0.493 e. The number of hydrogen-bond acceptors (Lipinski definition) is 6. The molecule has 0 bridgehead atoms. The number of halogens is 1. The third kappa shape index (κ3) is 5.65. The van der Waals surface area contributed by atoms with Crippen LogP contribution >= 0.6 is 0 Å². The van der Waals surface area contributed by atoms with Crippen molar-refractivity contribution in [3.05, 3.63) is 48.2 Å². The van der Waals surface area contributed by atoms with Gasteiger partial charge < -0.3 is 24.5 Å². The van der Waals surface area contributed by atoms with Crippen molar-refractivity contribution in [1.29, 1.82) is 0 Å². The highest BCUT2D eigenvalue weighted by Crippen LogP contribution is 2.37. The minimum atomic E-state index is -0.437. The second kappa shape index (κ2) is 11.4. The number of aromatic amines is 1. The second-order valence-electron chi connectivity index (χ2n) is 8.80. The van der Waals surface area contributed by atoms with Gasteiger partial charge in [-0.25, -0.2) is 14.4 Å². The van der Waals surface area contributed by atoms with Crippen molar-refractivity contribution in [1.82, 2.24) is 20.3 Å². The summed E-state index contributed by atoms with van der Waals surface area (Å²) in [4.78, 5) is 11.7. The van der Waals surface area contributed by atoms with Gasteiger partial charge in [-0.1, -0.05) is 20.3 Å². The van der Waals surface area contributed by atoms with Gasteiger partial charge in [0.25, 0.3) is 0 Å². The number of H-pyrrole nitrogens is 1. The average Bonchev–Trinajstić information content (AvgIpc) is 3.26. The molecule has 0 atom stereocenters. The number of aryl methyl sites for hydroxylation is 1. The average molecular weight is 481 g/mol.